The Hall–Kier alpha value is -2.12. The first-order chi connectivity index (χ1) is 12.6. The highest BCUT2D eigenvalue weighted by Gasteiger charge is 2.16. The van der Waals surface area contributed by atoms with Crippen molar-refractivity contribution >= 4 is 23.3 Å². The highest BCUT2D eigenvalue weighted by Crippen LogP contribution is 2.16. The van der Waals surface area contributed by atoms with Crippen molar-refractivity contribution < 1.29 is 27.6 Å². The van der Waals surface area contributed by atoms with E-state index >= 15 is 0 Å². The molecule has 0 aliphatic rings. The number of aromatic nitrogens is 2. The van der Waals surface area contributed by atoms with Gasteiger partial charge in [0.25, 0.3) is 5.82 Å². The Morgan fingerprint density at radius 2 is 1.66 bits per heavy atom. The second-order valence-electron chi connectivity index (χ2n) is 6.27. The minimum absolute atomic E-state index is 0. The van der Waals surface area contributed by atoms with Gasteiger partial charge in [0.2, 0.25) is 0 Å². The molecule has 1 aromatic heterocycles. The first-order valence-corrected chi connectivity index (χ1v) is 9.13. The van der Waals surface area contributed by atoms with Crippen molar-refractivity contribution in [2.75, 3.05) is 26.2 Å². The predicted molar refractivity (Wildman–Crippen MR) is 115 cm³/mol. The number of ether oxygens (including phenoxy) is 1. The first-order valence-electron chi connectivity index (χ1n) is 9.13. The summed E-state index contributed by atoms with van der Waals surface area (Å²) >= 11 is 0. The Kier molecular flexibility index (Phi) is 11.5. The average Bonchev–Trinajstić information content (AvgIpc) is 2.66. The van der Waals surface area contributed by atoms with E-state index < -0.39 is 0 Å². The van der Waals surface area contributed by atoms with E-state index in [9.17, 15) is 4.79 Å². The summed E-state index contributed by atoms with van der Waals surface area (Å²) in [6.45, 7) is 9.83. The number of nitrogens with zero attached hydrogens (tertiary/aromatic N) is 2. The van der Waals surface area contributed by atoms with Crippen LogP contribution in [0, 0.1) is 6.92 Å². The van der Waals surface area contributed by atoms with Crippen molar-refractivity contribution in [1.82, 2.24) is 9.47 Å². The van der Waals surface area contributed by atoms with E-state index in [0.29, 0.717) is 12.0 Å². The quantitative estimate of drug-likeness (QED) is 0.492. The van der Waals surface area contributed by atoms with Crippen molar-refractivity contribution in [1.29, 1.82) is 0 Å². The van der Waals surface area contributed by atoms with Crippen molar-refractivity contribution in [3.05, 3.63) is 64.7 Å². The molecule has 0 radical (unpaired) electrons. The monoisotopic (exact) mass is 441 g/mol. The number of aromatic amines is 1. The van der Waals surface area contributed by atoms with E-state index in [2.05, 4.69) is 23.7 Å². The van der Waals surface area contributed by atoms with Crippen LogP contribution in [-0.4, -0.2) is 41.2 Å². The molecule has 3 aromatic rings. The lowest BCUT2D eigenvalue weighted by atomic mass is 10.2. The summed E-state index contributed by atoms with van der Waals surface area (Å²) in [5.41, 5.74) is 1.65. The molecule has 0 spiro atoms. The van der Waals surface area contributed by atoms with Crippen LogP contribution < -0.4 is 27.7 Å². The van der Waals surface area contributed by atoms with E-state index in [1.807, 2.05) is 55.5 Å². The molecule has 0 amide bonds. The van der Waals surface area contributed by atoms with Crippen LogP contribution in [0.25, 0.3) is 16.6 Å². The second-order valence-corrected chi connectivity index (χ2v) is 6.27. The maximum Gasteiger partial charge on any atom is 0.350 e. The summed E-state index contributed by atoms with van der Waals surface area (Å²) in [6, 6.07) is 15.2. The van der Waals surface area contributed by atoms with Crippen LogP contribution in [0.1, 0.15) is 19.7 Å². The summed E-state index contributed by atoms with van der Waals surface area (Å²) in [5.74, 6) is 1.61. The van der Waals surface area contributed by atoms with Gasteiger partial charge in [-0.25, -0.2) is 9.78 Å². The maximum atomic E-state index is 12.9. The molecule has 0 unspecified atom stereocenters. The van der Waals surface area contributed by atoms with Gasteiger partial charge in [0.05, 0.1) is 0 Å². The molecule has 2 aromatic carbocycles. The molecule has 0 aliphatic heterocycles. The zero-order valence-corrected chi connectivity index (χ0v) is 18.5. The summed E-state index contributed by atoms with van der Waals surface area (Å²) < 4.78 is 7.52. The lowest BCUT2D eigenvalue weighted by molar-refractivity contribution is -0.362. The molecular weight excluding hydrogens is 413 g/mol. The Morgan fingerprint density at radius 1 is 1.03 bits per heavy atom. The third-order valence-corrected chi connectivity index (χ3v) is 4.68. The smallest absolute Gasteiger partial charge is 0.350 e. The molecule has 0 aliphatic carbocycles. The van der Waals surface area contributed by atoms with Crippen molar-refractivity contribution in [3.8, 4) is 11.4 Å². The zero-order chi connectivity index (χ0) is 18.5. The molecule has 1 heterocycles. The zero-order valence-electron chi connectivity index (χ0n) is 16.9. The second kappa shape index (κ2) is 12.4. The number of H-pyrrole nitrogens is 1. The molecule has 0 saturated carbocycles. The van der Waals surface area contributed by atoms with Crippen molar-refractivity contribution in [2.45, 2.75) is 20.8 Å². The molecule has 160 valence electrons. The van der Waals surface area contributed by atoms with E-state index in [0.717, 1.165) is 42.4 Å². The third kappa shape index (κ3) is 6.18. The van der Waals surface area contributed by atoms with Gasteiger partial charge in [0.15, 0.2) is 0 Å². The Labute approximate surface area is 183 Å². The van der Waals surface area contributed by atoms with Gasteiger partial charge in [-0.2, -0.15) is 4.57 Å². The van der Waals surface area contributed by atoms with Crippen LogP contribution in [0.5, 0.6) is 5.75 Å². The number of para-hydroxylation sites is 1. The molecule has 0 atom stereocenters. The Balaban J connectivity index is 0.00000261. The van der Waals surface area contributed by atoms with Crippen LogP contribution in [0.15, 0.2) is 53.3 Å². The van der Waals surface area contributed by atoms with E-state index in [1.54, 1.807) is 4.57 Å². The minimum atomic E-state index is -0.0212. The van der Waals surface area contributed by atoms with Crippen molar-refractivity contribution in [2.24, 2.45) is 0 Å². The SMILES string of the molecule is CCN(CC)CCOc1ccc(-n2c(C)[nH+]c3ccccc3c2=O)cc1.Cl.O.[Cl-]. The first kappa shape index (κ1) is 26.9. The summed E-state index contributed by atoms with van der Waals surface area (Å²) in [7, 11) is 0. The number of halogens is 2. The molecule has 0 fully saturated rings. The predicted octanol–water partition coefficient (Wildman–Crippen LogP) is -0.565. The molecule has 3 N–H and O–H groups in total. The highest BCUT2D eigenvalue weighted by molar-refractivity contribution is 5.85. The number of hydrogen-bond acceptors (Lipinski definition) is 3. The number of benzene rings is 2. The number of nitrogens with one attached hydrogen (secondary N) is 1. The molecule has 0 saturated heterocycles. The molecule has 29 heavy (non-hydrogen) atoms. The van der Waals surface area contributed by atoms with Gasteiger partial charge in [-0.1, -0.05) is 26.0 Å². The summed E-state index contributed by atoms with van der Waals surface area (Å²) in [5, 5.41) is 0.678. The lowest BCUT2D eigenvalue weighted by Gasteiger charge is -2.18. The van der Waals surface area contributed by atoms with Gasteiger partial charge in [-0.05, 0) is 49.5 Å². The van der Waals surface area contributed by atoms with Gasteiger partial charge in [0.1, 0.15) is 28.9 Å². The van der Waals surface area contributed by atoms with Crippen LogP contribution >= 0.6 is 12.4 Å². The molecular formula is C21H29Cl2N3O3. The van der Waals surface area contributed by atoms with Crippen LogP contribution in [0.2, 0.25) is 0 Å². The Morgan fingerprint density at radius 3 is 2.28 bits per heavy atom. The fourth-order valence-corrected chi connectivity index (χ4v) is 3.14. The van der Waals surface area contributed by atoms with Gasteiger partial charge in [0, 0.05) is 13.5 Å². The number of aryl methyl sites for hydroxylation is 1. The highest BCUT2D eigenvalue weighted by atomic mass is 35.5. The van der Waals surface area contributed by atoms with Gasteiger partial charge >= 0.3 is 5.56 Å². The topological polar surface area (TPSA) is 80.1 Å². The minimum Gasteiger partial charge on any atom is -1.00 e. The summed E-state index contributed by atoms with van der Waals surface area (Å²) in [4.78, 5) is 18.5. The largest absolute Gasteiger partial charge is 1.00 e. The Bertz CT molecular complexity index is 942. The molecule has 6 nitrogen and oxygen atoms in total. The number of fused-ring (bicyclic) bond motifs is 1. The summed E-state index contributed by atoms with van der Waals surface area (Å²) in [6.07, 6.45) is 0. The molecule has 3 rings (SSSR count). The third-order valence-electron chi connectivity index (χ3n) is 4.68. The van der Waals surface area contributed by atoms with Crippen molar-refractivity contribution in [3.63, 3.8) is 0 Å². The molecule has 0 bridgehead atoms. The number of rotatable bonds is 7. The van der Waals surface area contributed by atoms with E-state index in [4.69, 9.17) is 4.74 Å². The normalized spacial score (nSPS) is 10.1. The van der Waals surface area contributed by atoms with E-state index in [1.165, 1.54) is 0 Å². The fraction of sp³-hybridized carbons (Fsp3) is 0.333. The average molecular weight is 442 g/mol. The number of likely N-dealkylation sites (N-methyl/N-ethyl adjacent to an activating group) is 1. The number of hydrogen-bond donors (Lipinski definition) is 0. The van der Waals surface area contributed by atoms with Gasteiger partial charge in [-0.3, -0.25) is 0 Å². The van der Waals surface area contributed by atoms with Crippen LogP contribution in [-0.2, 0) is 0 Å². The lowest BCUT2D eigenvalue weighted by Crippen LogP contribution is -3.00. The van der Waals surface area contributed by atoms with Gasteiger partial charge < -0.3 is 27.5 Å². The maximum absolute atomic E-state index is 12.9. The molecule has 8 heteroatoms. The fourth-order valence-electron chi connectivity index (χ4n) is 3.14. The van der Waals surface area contributed by atoms with Crippen LogP contribution in [0.3, 0.4) is 0 Å². The van der Waals surface area contributed by atoms with E-state index in [-0.39, 0.29) is 35.8 Å². The standard InChI is InChI=1S/C21H25N3O2.2ClH.H2O/c1-4-23(5-2)14-15-26-18-12-10-17(11-13-18)24-16(3)22-20-9-7-6-8-19(20)21(24)25;;;/h6-13H,4-5,14-15H2,1-3H3;2*1H;1H2. The van der Waals surface area contributed by atoms with Crippen LogP contribution in [0.4, 0.5) is 0 Å². The van der Waals surface area contributed by atoms with Gasteiger partial charge in [-0.15, -0.1) is 12.4 Å².